The number of ether oxygens (including phenoxy) is 3. The zero-order valence-electron chi connectivity index (χ0n) is 12.3. The first-order chi connectivity index (χ1) is 10.5. The zero-order chi connectivity index (χ0) is 16.7. The molecule has 0 N–H and O–H groups in total. The lowest BCUT2D eigenvalue weighted by Crippen LogP contribution is -2.06. The van der Waals surface area contributed by atoms with Crippen LogP contribution < -0.4 is 9.47 Å². The van der Waals surface area contributed by atoms with E-state index in [-0.39, 0.29) is 34.9 Å². The topological polar surface area (TPSA) is 112 Å². The van der Waals surface area contributed by atoms with Crippen molar-refractivity contribution < 1.29 is 23.9 Å². The zero-order valence-corrected chi connectivity index (χ0v) is 12.3. The minimum atomic E-state index is -0.853. The van der Waals surface area contributed by atoms with Gasteiger partial charge < -0.3 is 14.2 Å². The second-order valence-electron chi connectivity index (χ2n) is 3.91. The Morgan fingerprint density at radius 1 is 1.36 bits per heavy atom. The Labute approximate surface area is 126 Å². The summed E-state index contributed by atoms with van der Waals surface area (Å²) in [7, 11) is 2.71. The molecule has 1 rings (SSSR count). The van der Waals surface area contributed by atoms with Gasteiger partial charge in [0.15, 0.2) is 11.5 Å². The molecule has 8 nitrogen and oxygen atoms in total. The molecule has 0 aromatic heterocycles. The van der Waals surface area contributed by atoms with Crippen LogP contribution in [0.5, 0.6) is 11.5 Å². The maximum absolute atomic E-state index is 11.6. The van der Waals surface area contributed by atoms with E-state index in [1.165, 1.54) is 20.3 Å². The van der Waals surface area contributed by atoms with Crippen molar-refractivity contribution in [3.05, 3.63) is 33.4 Å². The lowest BCUT2D eigenvalue weighted by Gasteiger charge is -2.09. The summed E-state index contributed by atoms with van der Waals surface area (Å²) < 4.78 is 14.8. The Morgan fingerprint density at radius 3 is 2.41 bits per heavy atom. The van der Waals surface area contributed by atoms with E-state index in [1.807, 2.05) is 0 Å². The monoisotopic (exact) mass is 306 g/mol. The van der Waals surface area contributed by atoms with Crippen molar-refractivity contribution >= 4 is 17.7 Å². The molecule has 0 amide bonds. The normalized spacial score (nSPS) is 10.5. The van der Waals surface area contributed by atoms with Crippen molar-refractivity contribution in [2.24, 2.45) is 0 Å². The third-order valence-corrected chi connectivity index (χ3v) is 2.65. The molecule has 0 heterocycles. The summed E-state index contributed by atoms with van der Waals surface area (Å²) in [6, 6.07) is 4.13. The molecule has 0 aliphatic carbocycles. The highest BCUT2D eigenvalue weighted by Crippen LogP contribution is 2.35. The average Bonchev–Trinajstić information content (AvgIpc) is 2.51. The molecule has 0 saturated heterocycles. The molecule has 0 radical (unpaired) electrons. The molecule has 0 fully saturated rings. The van der Waals surface area contributed by atoms with Gasteiger partial charge in [0.25, 0.3) is 5.69 Å². The van der Waals surface area contributed by atoms with E-state index >= 15 is 0 Å². The van der Waals surface area contributed by atoms with Crippen LogP contribution in [0.4, 0.5) is 5.69 Å². The number of methoxy groups -OCH3 is 2. The molecule has 0 bridgehead atoms. The molecule has 116 valence electrons. The van der Waals surface area contributed by atoms with Crippen LogP contribution in [0.1, 0.15) is 12.5 Å². The summed E-state index contributed by atoms with van der Waals surface area (Å²) in [5, 5.41) is 20.1. The Hall–Kier alpha value is -3.08. The van der Waals surface area contributed by atoms with Gasteiger partial charge in [-0.05, 0) is 19.1 Å². The predicted octanol–water partition coefficient (Wildman–Crippen LogP) is 2.08. The number of hydrogen-bond donors (Lipinski definition) is 0. The van der Waals surface area contributed by atoms with Gasteiger partial charge in [-0.25, -0.2) is 4.79 Å². The summed E-state index contributed by atoms with van der Waals surface area (Å²) in [6.07, 6.45) is 1.08. The summed E-state index contributed by atoms with van der Waals surface area (Å²) in [5.74, 6) is -0.449. The summed E-state index contributed by atoms with van der Waals surface area (Å²) in [5.41, 5.74) is -0.640. The van der Waals surface area contributed by atoms with Crippen LogP contribution >= 0.6 is 0 Å². The number of nitriles is 1. The molecule has 0 aliphatic rings. The van der Waals surface area contributed by atoms with Gasteiger partial charge in [-0.15, -0.1) is 0 Å². The number of nitro benzene ring substituents is 1. The van der Waals surface area contributed by atoms with E-state index in [2.05, 4.69) is 0 Å². The average molecular weight is 306 g/mol. The summed E-state index contributed by atoms with van der Waals surface area (Å²) >= 11 is 0. The van der Waals surface area contributed by atoms with Crippen LogP contribution in [-0.2, 0) is 9.53 Å². The predicted molar refractivity (Wildman–Crippen MR) is 76.4 cm³/mol. The highest BCUT2D eigenvalue weighted by Gasteiger charge is 2.20. The summed E-state index contributed by atoms with van der Waals surface area (Å²) in [6.45, 7) is 1.68. The van der Waals surface area contributed by atoms with Gasteiger partial charge in [-0.3, -0.25) is 10.1 Å². The number of esters is 1. The number of nitro groups is 1. The smallest absolute Gasteiger partial charge is 0.348 e. The molecule has 0 aliphatic heterocycles. The van der Waals surface area contributed by atoms with Crippen molar-refractivity contribution in [3.8, 4) is 17.6 Å². The highest BCUT2D eigenvalue weighted by atomic mass is 16.6. The number of carbonyl (C=O) groups is 1. The van der Waals surface area contributed by atoms with Crippen LogP contribution in [0, 0.1) is 21.4 Å². The lowest BCUT2D eigenvalue weighted by molar-refractivity contribution is -0.385. The molecule has 1 aromatic rings. The van der Waals surface area contributed by atoms with Crippen molar-refractivity contribution in [2.75, 3.05) is 20.8 Å². The Morgan fingerprint density at radius 2 is 1.95 bits per heavy atom. The molecule has 0 spiro atoms. The first kappa shape index (κ1) is 17.0. The van der Waals surface area contributed by atoms with Gasteiger partial charge in [-0.2, -0.15) is 5.26 Å². The molecule has 0 atom stereocenters. The first-order valence-electron chi connectivity index (χ1n) is 6.17. The Balaban J connectivity index is 3.47. The quantitative estimate of drug-likeness (QED) is 0.260. The highest BCUT2D eigenvalue weighted by molar-refractivity contribution is 5.98. The van der Waals surface area contributed by atoms with Gasteiger partial charge in [0, 0.05) is 0 Å². The fraction of sp³-hybridized carbons (Fsp3) is 0.286. The minimum absolute atomic E-state index is 0.0345. The fourth-order valence-corrected chi connectivity index (χ4v) is 1.66. The fourth-order valence-electron chi connectivity index (χ4n) is 1.66. The molecular formula is C14H14N2O6. The van der Waals surface area contributed by atoms with E-state index in [0.29, 0.717) is 0 Å². The standard InChI is InChI=1S/C14H14N2O6/c1-4-22-14(17)10(8-15)5-9-6-12(20-2)13(21-3)7-11(9)16(18)19/h5-7H,4H2,1-3H3/b10-5+. The van der Waals surface area contributed by atoms with Crippen molar-refractivity contribution in [1.82, 2.24) is 0 Å². The second-order valence-corrected chi connectivity index (χ2v) is 3.91. The van der Waals surface area contributed by atoms with Crippen LogP contribution in [0.2, 0.25) is 0 Å². The van der Waals surface area contributed by atoms with Gasteiger partial charge in [-0.1, -0.05) is 0 Å². The SMILES string of the molecule is CCOC(=O)/C(C#N)=C/c1cc(OC)c(OC)cc1[N+](=O)[O-]. The van der Waals surface area contributed by atoms with E-state index in [1.54, 1.807) is 13.0 Å². The van der Waals surface area contributed by atoms with Gasteiger partial charge in [0.05, 0.1) is 37.4 Å². The van der Waals surface area contributed by atoms with Gasteiger partial charge >= 0.3 is 5.97 Å². The second kappa shape index (κ2) is 7.64. The van der Waals surface area contributed by atoms with Crippen LogP contribution in [0.15, 0.2) is 17.7 Å². The number of hydrogen-bond acceptors (Lipinski definition) is 7. The number of rotatable bonds is 6. The van der Waals surface area contributed by atoms with Gasteiger partial charge in [0.2, 0.25) is 0 Å². The van der Waals surface area contributed by atoms with E-state index < -0.39 is 10.9 Å². The third kappa shape index (κ3) is 3.73. The first-order valence-corrected chi connectivity index (χ1v) is 6.17. The number of carbonyl (C=O) groups excluding carboxylic acids is 1. The molecule has 0 unspecified atom stereocenters. The van der Waals surface area contributed by atoms with Gasteiger partial charge in [0.1, 0.15) is 11.6 Å². The molecule has 0 saturated carbocycles. The Kier molecular flexibility index (Phi) is 5.89. The van der Waals surface area contributed by atoms with Crippen molar-refractivity contribution in [1.29, 1.82) is 5.26 Å². The maximum atomic E-state index is 11.6. The molecule has 22 heavy (non-hydrogen) atoms. The van der Waals surface area contributed by atoms with Crippen molar-refractivity contribution in [2.45, 2.75) is 6.92 Å². The largest absolute Gasteiger partial charge is 0.493 e. The summed E-state index contributed by atoms with van der Waals surface area (Å²) in [4.78, 5) is 22.1. The third-order valence-electron chi connectivity index (χ3n) is 2.65. The van der Waals surface area contributed by atoms with Crippen LogP contribution in [0.3, 0.4) is 0 Å². The minimum Gasteiger partial charge on any atom is -0.493 e. The van der Waals surface area contributed by atoms with Crippen LogP contribution in [-0.4, -0.2) is 31.7 Å². The maximum Gasteiger partial charge on any atom is 0.348 e. The number of nitrogens with zero attached hydrogens (tertiary/aromatic N) is 2. The van der Waals surface area contributed by atoms with E-state index in [9.17, 15) is 14.9 Å². The lowest BCUT2D eigenvalue weighted by atomic mass is 10.1. The molecular weight excluding hydrogens is 292 g/mol. The van der Waals surface area contributed by atoms with E-state index in [0.717, 1.165) is 12.1 Å². The van der Waals surface area contributed by atoms with Crippen LogP contribution in [0.25, 0.3) is 6.08 Å². The van der Waals surface area contributed by atoms with Crippen molar-refractivity contribution in [3.63, 3.8) is 0 Å². The number of benzene rings is 1. The molecule has 1 aromatic carbocycles. The molecule has 8 heteroatoms. The Bertz CT molecular complexity index is 660. The van der Waals surface area contributed by atoms with E-state index in [4.69, 9.17) is 19.5 Å².